The standard InChI is InChI=1S/C15H17N/c1-10-4-6-14-12(8-10)13-9-11(2)5-7-15(13)16(14)3/h4-9,12,14H,1-3H3. The normalized spacial score (nSPS) is 26.4. The van der Waals surface area contributed by atoms with Crippen LogP contribution >= 0.6 is 0 Å². The highest BCUT2D eigenvalue weighted by Gasteiger charge is 2.34. The van der Waals surface area contributed by atoms with Crippen molar-refractivity contribution in [2.24, 2.45) is 0 Å². The Morgan fingerprint density at radius 3 is 2.81 bits per heavy atom. The number of rotatable bonds is 0. The van der Waals surface area contributed by atoms with Gasteiger partial charge in [0, 0.05) is 18.7 Å². The Balaban J connectivity index is 2.16. The van der Waals surface area contributed by atoms with Gasteiger partial charge in [0.05, 0.1) is 6.04 Å². The molecule has 3 rings (SSSR count). The van der Waals surface area contributed by atoms with Gasteiger partial charge in [-0.3, -0.25) is 0 Å². The van der Waals surface area contributed by atoms with Crippen LogP contribution in [0.5, 0.6) is 0 Å². The molecule has 82 valence electrons. The Hall–Kier alpha value is -1.50. The molecule has 0 bridgehead atoms. The van der Waals surface area contributed by atoms with Crippen LogP contribution in [0.1, 0.15) is 24.0 Å². The van der Waals surface area contributed by atoms with E-state index in [9.17, 15) is 0 Å². The fourth-order valence-corrected chi connectivity index (χ4v) is 2.87. The van der Waals surface area contributed by atoms with E-state index in [2.05, 4.69) is 62.2 Å². The third-order valence-electron chi connectivity index (χ3n) is 3.74. The average Bonchev–Trinajstić information content (AvgIpc) is 2.52. The smallest absolute Gasteiger partial charge is 0.0577 e. The molecule has 0 spiro atoms. The highest BCUT2D eigenvalue weighted by Crippen LogP contribution is 2.43. The molecule has 0 aromatic heterocycles. The maximum atomic E-state index is 2.40. The Morgan fingerprint density at radius 2 is 2.00 bits per heavy atom. The summed E-state index contributed by atoms with van der Waals surface area (Å²) < 4.78 is 0. The first-order chi connectivity index (χ1) is 7.66. The van der Waals surface area contributed by atoms with E-state index in [1.54, 1.807) is 0 Å². The van der Waals surface area contributed by atoms with Gasteiger partial charge < -0.3 is 4.90 Å². The van der Waals surface area contributed by atoms with Crippen molar-refractivity contribution in [3.8, 4) is 0 Å². The van der Waals surface area contributed by atoms with Crippen molar-refractivity contribution >= 4 is 5.69 Å². The number of allylic oxidation sites excluding steroid dienone is 2. The first kappa shape index (κ1) is 9.71. The zero-order valence-electron chi connectivity index (χ0n) is 10.1. The Kier molecular flexibility index (Phi) is 1.97. The summed E-state index contributed by atoms with van der Waals surface area (Å²) in [5, 5.41) is 0. The number of anilines is 1. The number of hydrogen-bond acceptors (Lipinski definition) is 1. The van der Waals surface area contributed by atoms with Gasteiger partial charge in [-0.15, -0.1) is 0 Å². The van der Waals surface area contributed by atoms with E-state index in [0.717, 1.165) is 0 Å². The lowest BCUT2D eigenvalue weighted by molar-refractivity contribution is 0.717. The van der Waals surface area contributed by atoms with Crippen LogP contribution in [0, 0.1) is 6.92 Å². The summed E-state index contributed by atoms with van der Waals surface area (Å²) in [4.78, 5) is 2.39. The molecule has 0 saturated heterocycles. The topological polar surface area (TPSA) is 3.24 Å². The molecule has 1 aromatic rings. The van der Waals surface area contributed by atoms with Gasteiger partial charge in [-0.05, 0) is 25.5 Å². The SMILES string of the molecule is CC1=CC2c3cc(C)ccc3N(C)C2C=C1. The highest BCUT2D eigenvalue weighted by molar-refractivity contribution is 5.66. The fraction of sp³-hybridized carbons (Fsp3) is 0.333. The largest absolute Gasteiger partial charge is 0.367 e. The van der Waals surface area contributed by atoms with Crippen molar-refractivity contribution < 1.29 is 0 Å². The second-order valence-corrected chi connectivity index (χ2v) is 4.96. The maximum absolute atomic E-state index is 2.40. The molecule has 16 heavy (non-hydrogen) atoms. The second kappa shape index (κ2) is 3.24. The highest BCUT2D eigenvalue weighted by atomic mass is 15.2. The molecule has 1 aromatic carbocycles. The minimum Gasteiger partial charge on any atom is -0.367 e. The van der Waals surface area contributed by atoms with Crippen LogP contribution in [0.3, 0.4) is 0 Å². The molecule has 0 radical (unpaired) electrons. The second-order valence-electron chi connectivity index (χ2n) is 4.96. The predicted octanol–water partition coefficient (Wildman–Crippen LogP) is 3.41. The minimum absolute atomic E-state index is 0.514. The third-order valence-corrected chi connectivity index (χ3v) is 3.74. The van der Waals surface area contributed by atoms with E-state index < -0.39 is 0 Å². The molecule has 2 aliphatic rings. The molecule has 0 saturated carbocycles. The van der Waals surface area contributed by atoms with Gasteiger partial charge in [-0.1, -0.05) is 41.5 Å². The first-order valence-corrected chi connectivity index (χ1v) is 5.87. The van der Waals surface area contributed by atoms with Crippen molar-refractivity contribution in [3.63, 3.8) is 0 Å². The van der Waals surface area contributed by atoms with Crippen molar-refractivity contribution in [1.82, 2.24) is 0 Å². The Morgan fingerprint density at radius 1 is 1.19 bits per heavy atom. The number of aryl methyl sites for hydroxylation is 1. The molecule has 2 atom stereocenters. The Bertz CT molecular complexity index is 496. The zero-order valence-corrected chi connectivity index (χ0v) is 10.1. The fourth-order valence-electron chi connectivity index (χ4n) is 2.87. The van der Waals surface area contributed by atoms with Gasteiger partial charge in [-0.2, -0.15) is 0 Å². The van der Waals surface area contributed by atoms with E-state index in [-0.39, 0.29) is 0 Å². The lowest BCUT2D eigenvalue weighted by Gasteiger charge is -2.25. The van der Waals surface area contributed by atoms with Crippen LogP contribution in [0.25, 0.3) is 0 Å². The summed E-state index contributed by atoms with van der Waals surface area (Å²) in [5.74, 6) is 0.546. The van der Waals surface area contributed by atoms with Crippen molar-refractivity contribution in [2.45, 2.75) is 25.8 Å². The van der Waals surface area contributed by atoms with Crippen LogP contribution in [0.15, 0.2) is 42.0 Å². The minimum atomic E-state index is 0.514. The van der Waals surface area contributed by atoms with Crippen LogP contribution < -0.4 is 4.90 Å². The number of fused-ring (bicyclic) bond motifs is 3. The summed E-state index contributed by atoms with van der Waals surface area (Å²) in [5.41, 5.74) is 5.60. The van der Waals surface area contributed by atoms with E-state index in [0.29, 0.717) is 12.0 Å². The molecule has 1 aliphatic carbocycles. The Labute approximate surface area is 97.1 Å². The zero-order chi connectivity index (χ0) is 11.3. The molecule has 2 unspecified atom stereocenters. The number of nitrogens with zero attached hydrogens (tertiary/aromatic N) is 1. The van der Waals surface area contributed by atoms with Gasteiger partial charge >= 0.3 is 0 Å². The predicted molar refractivity (Wildman–Crippen MR) is 69.0 cm³/mol. The number of likely N-dealkylation sites (N-methyl/N-ethyl adjacent to an activating group) is 1. The van der Waals surface area contributed by atoms with E-state index in [1.165, 1.54) is 22.4 Å². The lowest BCUT2D eigenvalue weighted by atomic mass is 9.88. The van der Waals surface area contributed by atoms with Crippen LogP contribution in [0.4, 0.5) is 5.69 Å². The van der Waals surface area contributed by atoms with Crippen molar-refractivity contribution in [2.75, 3.05) is 11.9 Å². The van der Waals surface area contributed by atoms with Crippen LogP contribution in [0.2, 0.25) is 0 Å². The monoisotopic (exact) mass is 211 g/mol. The van der Waals surface area contributed by atoms with E-state index in [1.807, 2.05) is 0 Å². The van der Waals surface area contributed by atoms with Crippen molar-refractivity contribution in [3.05, 3.63) is 53.1 Å². The molecule has 0 amide bonds. The number of benzene rings is 1. The summed E-state index contributed by atoms with van der Waals surface area (Å²) in [6.07, 6.45) is 6.96. The van der Waals surface area contributed by atoms with E-state index >= 15 is 0 Å². The van der Waals surface area contributed by atoms with Crippen LogP contribution in [-0.2, 0) is 0 Å². The average molecular weight is 211 g/mol. The summed E-state index contributed by atoms with van der Waals surface area (Å²) in [6, 6.07) is 7.30. The van der Waals surface area contributed by atoms with Crippen molar-refractivity contribution in [1.29, 1.82) is 0 Å². The summed E-state index contributed by atoms with van der Waals surface area (Å²) >= 11 is 0. The molecule has 1 heterocycles. The van der Waals surface area contributed by atoms with Gasteiger partial charge in [0.2, 0.25) is 0 Å². The molecule has 0 N–H and O–H groups in total. The lowest BCUT2D eigenvalue weighted by Crippen LogP contribution is -2.29. The molecule has 1 heteroatoms. The first-order valence-electron chi connectivity index (χ1n) is 5.87. The molecule has 1 aliphatic heterocycles. The van der Waals surface area contributed by atoms with Crippen LogP contribution in [-0.4, -0.2) is 13.1 Å². The molecular weight excluding hydrogens is 194 g/mol. The molecule has 1 nitrogen and oxygen atoms in total. The van der Waals surface area contributed by atoms with Gasteiger partial charge in [0.25, 0.3) is 0 Å². The van der Waals surface area contributed by atoms with Gasteiger partial charge in [0.15, 0.2) is 0 Å². The number of hydrogen-bond donors (Lipinski definition) is 0. The quantitative estimate of drug-likeness (QED) is 0.635. The summed E-state index contributed by atoms with van der Waals surface area (Å²) in [6.45, 7) is 4.35. The molecule has 0 fully saturated rings. The maximum Gasteiger partial charge on any atom is 0.0577 e. The van der Waals surface area contributed by atoms with E-state index in [4.69, 9.17) is 0 Å². The van der Waals surface area contributed by atoms with Gasteiger partial charge in [0.1, 0.15) is 0 Å². The molecular formula is C15H17N. The van der Waals surface area contributed by atoms with Gasteiger partial charge in [-0.25, -0.2) is 0 Å². The summed E-state index contributed by atoms with van der Waals surface area (Å²) in [7, 11) is 2.19. The third kappa shape index (κ3) is 1.24.